The minimum Gasteiger partial charge on any atom is -0.496 e. The zero-order valence-electron chi connectivity index (χ0n) is 24.5. The van der Waals surface area contributed by atoms with Gasteiger partial charge in [-0.2, -0.15) is 0 Å². The molecule has 0 amide bonds. The lowest BCUT2D eigenvalue weighted by Crippen LogP contribution is -2.26. The highest BCUT2D eigenvalue weighted by atomic mass is 35.5. The molecular formula is C33H38Cl2N6O4S2. The lowest BCUT2D eigenvalue weighted by Gasteiger charge is -2.23. The quantitative estimate of drug-likeness (QED) is 0.181. The van der Waals surface area contributed by atoms with E-state index in [2.05, 4.69) is 19.9 Å². The minimum atomic E-state index is -0.202. The van der Waals surface area contributed by atoms with E-state index in [9.17, 15) is 14.4 Å². The van der Waals surface area contributed by atoms with Crippen LogP contribution in [0.2, 0.25) is 10.3 Å². The summed E-state index contributed by atoms with van der Waals surface area (Å²) in [6.45, 7) is 0. The molecule has 250 valence electrons. The van der Waals surface area contributed by atoms with Crippen LogP contribution < -0.4 is 21.3 Å². The number of aromatic amines is 1. The largest absolute Gasteiger partial charge is 0.496 e. The number of H-pyrrole nitrogens is 1. The summed E-state index contributed by atoms with van der Waals surface area (Å²) >= 11 is 14.5. The number of aromatic nitrogens is 6. The molecule has 47 heavy (non-hydrogen) atoms. The normalized spacial score (nSPS) is 15.7. The molecule has 0 unspecified atom stereocenters. The molecule has 0 bridgehead atoms. The van der Waals surface area contributed by atoms with Crippen LogP contribution in [-0.4, -0.2) is 36.2 Å². The van der Waals surface area contributed by atoms with E-state index in [0.29, 0.717) is 46.4 Å². The van der Waals surface area contributed by atoms with Crippen LogP contribution in [0.3, 0.4) is 0 Å². The first-order valence-corrected chi connectivity index (χ1v) is 17.5. The number of halogens is 2. The molecule has 0 aromatic carbocycles. The van der Waals surface area contributed by atoms with Gasteiger partial charge in [0.2, 0.25) is 0 Å². The molecule has 6 aromatic heterocycles. The molecule has 2 aliphatic rings. The first-order valence-electron chi connectivity index (χ1n) is 15.1. The molecule has 6 heterocycles. The van der Waals surface area contributed by atoms with Crippen LogP contribution in [0.25, 0.3) is 40.9 Å². The van der Waals surface area contributed by atoms with Crippen LogP contribution in [-0.2, 0) is 0 Å². The predicted molar refractivity (Wildman–Crippen MR) is 195 cm³/mol. The van der Waals surface area contributed by atoms with Crippen molar-refractivity contribution in [3.05, 3.63) is 66.0 Å². The van der Waals surface area contributed by atoms with Gasteiger partial charge in [-0.1, -0.05) is 76.6 Å². The number of methoxy groups -OCH3 is 1. The van der Waals surface area contributed by atoms with Crippen molar-refractivity contribution < 1.29 is 4.74 Å². The number of thiophene rings is 2. The zero-order valence-corrected chi connectivity index (χ0v) is 27.6. The molecule has 0 aliphatic heterocycles. The molecule has 1 N–H and O–H groups in total. The molecule has 8 rings (SSSR count). The summed E-state index contributed by atoms with van der Waals surface area (Å²) in [7, 11) is 1.58. The number of rotatable bonds is 3. The van der Waals surface area contributed by atoms with Crippen molar-refractivity contribution in [3.63, 3.8) is 0 Å². The molecule has 6 aromatic rings. The third-order valence-corrected chi connectivity index (χ3v) is 11.4. The third kappa shape index (κ3) is 6.45. The van der Waals surface area contributed by atoms with Gasteiger partial charge in [-0.25, -0.2) is 15.0 Å². The number of nitrogens with zero attached hydrogens (tertiary/aromatic N) is 5. The topological polar surface area (TPSA) is 125 Å². The minimum absolute atomic E-state index is 0. The van der Waals surface area contributed by atoms with E-state index in [0.717, 1.165) is 43.9 Å². The first kappa shape index (κ1) is 35.0. The molecule has 0 atom stereocenters. The Balaban J connectivity index is 0.000000177. The number of fused-ring (bicyclic) bond motifs is 6. The maximum atomic E-state index is 12.9. The van der Waals surface area contributed by atoms with E-state index in [4.69, 9.17) is 27.9 Å². The van der Waals surface area contributed by atoms with Gasteiger partial charge in [0.25, 0.3) is 11.1 Å². The maximum Gasteiger partial charge on any atom is 0.271 e. The van der Waals surface area contributed by atoms with Gasteiger partial charge >= 0.3 is 0 Å². The molecular weight excluding hydrogens is 679 g/mol. The summed E-state index contributed by atoms with van der Waals surface area (Å²) < 4.78 is 10.1. The van der Waals surface area contributed by atoms with E-state index < -0.39 is 0 Å². The smallest absolute Gasteiger partial charge is 0.271 e. The molecule has 2 aliphatic carbocycles. The Kier molecular flexibility index (Phi) is 10.7. The van der Waals surface area contributed by atoms with Crippen LogP contribution in [0.4, 0.5) is 0 Å². The van der Waals surface area contributed by atoms with E-state index >= 15 is 0 Å². The summed E-state index contributed by atoms with van der Waals surface area (Å²) in [5.41, 5.74) is 0.899. The molecule has 10 nitrogen and oxygen atoms in total. The monoisotopic (exact) mass is 716 g/mol. The zero-order chi connectivity index (χ0) is 31.2. The SMILES string of the molecule is C.C.COc1cc(Cl)nc2sc3c(=O)n(C4CCCCC4)cnc3c12.O=c1cc(Cl)[nH]c2sc3c(=O)n(C4CCCCC4)cnc3c12. The van der Waals surface area contributed by atoms with Gasteiger partial charge in [0, 0.05) is 24.2 Å². The van der Waals surface area contributed by atoms with Crippen LogP contribution in [0, 0.1) is 0 Å². The predicted octanol–water partition coefficient (Wildman–Crippen LogP) is 8.90. The molecule has 0 radical (unpaired) electrons. The van der Waals surface area contributed by atoms with Gasteiger partial charge < -0.3 is 9.72 Å². The highest BCUT2D eigenvalue weighted by molar-refractivity contribution is 7.25. The van der Waals surface area contributed by atoms with E-state index in [-0.39, 0.29) is 48.6 Å². The van der Waals surface area contributed by atoms with Gasteiger partial charge in [0.15, 0.2) is 5.43 Å². The second kappa shape index (κ2) is 14.4. The second-order valence-corrected chi connectivity index (χ2v) is 14.4. The van der Waals surface area contributed by atoms with Gasteiger partial charge in [-0.3, -0.25) is 23.5 Å². The maximum absolute atomic E-state index is 12.9. The lowest BCUT2D eigenvalue weighted by molar-refractivity contribution is 0.345. The van der Waals surface area contributed by atoms with Crippen molar-refractivity contribution >= 4 is 86.7 Å². The average Bonchev–Trinajstić information content (AvgIpc) is 3.61. The molecule has 2 saturated carbocycles. The number of hydrogen-bond acceptors (Lipinski definition) is 9. The van der Waals surface area contributed by atoms with Crippen molar-refractivity contribution in [1.82, 2.24) is 29.1 Å². The first-order chi connectivity index (χ1) is 21.8. The summed E-state index contributed by atoms with van der Waals surface area (Å²) in [6, 6.07) is 3.47. The summed E-state index contributed by atoms with van der Waals surface area (Å²) in [5, 5.41) is 1.85. The van der Waals surface area contributed by atoms with Crippen LogP contribution in [0.5, 0.6) is 5.75 Å². The van der Waals surface area contributed by atoms with Crippen LogP contribution in [0.15, 0.2) is 39.2 Å². The van der Waals surface area contributed by atoms with Gasteiger partial charge in [0.05, 0.1) is 30.5 Å². The summed E-state index contributed by atoms with van der Waals surface area (Å²) in [5.74, 6) is 0.605. The Hall–Kier alpha value is -3.32. The number of ether oxygens (including phenoxy) is 1. The Labute approximate surface area is 289 Å². The van der Waals surface area contributed by atoms with Crippen LogP contribution >= 0.6 is 45.9 Å². The van der Waals surface area contributed by atoms with E-state index in [1.807, 2.05) is 0 Å². The summed E-state index contributed by atoms with van der Waals surface area (Å²) in [4.78, 5) is 55.3. The lowest BCUT2D eigenvalue weighted by atomic mass is 9.95. The van der Waals surface area contributed by atoms with Gasteiger partial charge in [-0.05, 0) is 25.7 Å². The van der Waals surface area contributed by atoms with Crippen molar-refractivity contribution in [2.75, 3.05) is 7.11 Å². The highest BCUT2D eigenvalue weighted by Crippen LogP contribution is 2.38. The number of hydrogen-bond donors (Lipinski definition) is 1. The third-order valence-electron chi connectivity index (χ3n) is 8.83. The van der Waals surface area contributed by atoms with Crippen LogP contribution in [0.1, 0.15) is 91.1 Å². The van der Waals surface area contributed by atoms with Crippen molar-refractivity contribution in [2.45, 2.75) is 91.1 Å². The van der Waals surface area contributed by atoms with Crippen molar-refractivity contribution in [1.29, 1.82) is 0 Å². The van der Waals surface area contributed by atoms with Crippen molar-refractivity contribution in [3.8, 4) is 5.75 Å². The van der Waals surface area contributed by atoms with E-state index in [1.165, 1.54) is 54.4 Å². The average molecular weight is 718 g/mol. The summed E-state index contributed by atoms with van der Waals surface area (Å²) in [6.07, 6.45) is 14.5. The fraction of sp³-hybridized carbons (Fsp3) is 0.455. The Morgan fingerprint density at radius 3 is 1.87 bits per heavy atom. The Morgan fingerprint density at radius 1 is 0.787 bits per heavy atom. The highest BCUT2D eigenvalue weighted by Gasteiger charge is 2.22. The standard InChI is InChI=1S/C16H16ClN3O2S.C15H14ClN3O2S.2CH4/c1-22-10-7-11(17)19-15-12(10)13-14(23-15)16(21)20(8-18-13)9-5-3-2-4-6-9;16-10-6-9(20)11-12-13(22-14(11)18-10)15(21)19(7-17-12)8-4-2-1-3-5-8;;/h7-9H,2-6H2,1H3;6-8H,1-5H2,(H,18,20);2*1H4. The fourth-order valence-electron chi connectivity index (χ4n) is 6.61. The Morgan fingerprint density at radius 2 is 1.32 bits per heavy atom. The number of nitrogens with one attached hydrogen (secondary N) is 1. The fourth-order valence-corrected chi connectivity index (χ4v) is 9.28. The van der Waals surface area contributed by atoms with Gasteiger partial charge in [0.1, 0.15) is 46.1 Å². The molecule has 14 heteroatoms. The van der Waals surface area contributed by atoms with Gasteiger partial charge in [-0.15, -0.1) is 22.7 Å². The Bertz CT molecular complexity index is 2240. The van der Waals surface area contributed by atoms with Crippen molar-refractivity contribution in [2.24, 2.45) is 0 Å². The molecule has 0 spiro atoms. The van der Waals surface area contributed by atoms with E-state index in [1.54, 1.807) is 35.0 Å². The number of pyridine rings is 2. The molecule has 0 saturated heterocycles. The molecule has 2 fully saturated rings. The second-order valence-electron chi connectivity index (χ2n) is 11.6.